The van der Waals surface area contributed by atoms with Crippen LogP contribution in [0.2, 0.25) is 0 Å². The molecule has 0 spiro atoms. The summed E-state index contributed by atoms with van der Waals surface area (Å²) < 4.78 is 5.84. The van der Waals surface area contributed by atoms with Crippen molar-refractivity contribution in [3.63, 3.8) is 0 Å². The molecule has 1 unspecified atom stereocenters. The number of nitrogens with zero attached hydrogens (tertiary/aromatic N) is 1. The highest BCUT2D eigenvalue weighted by Gasteiger charge is 2.21. The molecule has 2 aromatic rings. The van der Waals surface area contributed by atoms with Crippen molar-refractivity contribution in [1.29, 1.82) is 0 Å². The zero-order valence-electron chi connectivity index (χ0n) is 8.95. The average Bonchev–Trinajstić information content (AvgIpc) is 2.59. The lowest BCUT2D eigenvalue weighted by Crippen LogP contribution is -2.05. The van der Waals surface area contributed by atoms with Gasteiger partial charge in [-0.1, -0.05) is 12.1 Å². The van der Waals surface area contributed by atoms with Gasteiger partial charge in [0.2, 0.25) is 0 Å². The summed E-state index contributed by atoms with van der Waals surface area (Å²) >= 11 is 0. The van der Waals surface area contributed by atoms with Crippen LogP contribution in [0.25, 0.3) is 10.9 Å². The Bertz CT molecular complexity index is 533. The van der Waals surface area contributed by atoms with Crippen LogP contribution in [0.3, 0.4) is 0 Å². The lowest BCUT2D eigenvalue weighted by molar-refractivity contribution is 0.257. The van der Waals surface area contributed by atoms with Gasteiger partial charge >= 0.3 is 0 Å². The summed E-state index contributed by atoms with van der Waals surface area (Å²) in [4.78, 5) is 4.51. The quantitative estimate of drug-likeness (QED) is 0.651. The zero-order chi connectivity index (χ0) is 10.4. The van der Waals surface area contributed by atoms with E-state index in [1.54, 1.807) is 0 Å². The summed E-state index contributed by atoms with van der Waals surface area (Å²) in [5.74, 6) is 1.04. The molecule has 1 aromatic heterocycles. The van der Waals surface area contributed by atoms with Crippen molar-refractivity contribution in [1.82, 2.24) is 4.98 Å². The number of fused-ring (bicyclic) bond motifs is 3. The van der Waals surface area contributed by atoms with Crippen LogP contribution in [0.1, 0.15) is 18.1 Å². The van der Waals surface area contributed by atoms with Gasteiger partial charge in [0.05, 0.1) is 5.52 Å². The summed E-state index contributed by atoms with van der Waals surface area (Å²) in [6.07, 6.45) is 3.22. The van der Waals surface area contributed by atoms with Crippen LogP contribution in [0.15, 0.2) is 24.4 Å². The van der Waals surface area contributed by atoms with Gasteiger partial charge in [0.15, 0.2) is 0 Å². The van der Waals surface area contributed by atoms with Crippen molar-refractivity contribution in [2.45, 2.75) is 26.4 Å². The van der Waals surface area contributed by atoms with Crippen molar-refractivity contribution in [3.8, 4) is 5.75 Å². The standard InChI is InChI=1S/C13H13NO/c1-8-4-3-5-11-12(8)14-7-10-6-9(2)15-13(10)11/h3-5,7,9H,6H2,1-2H3. The van der Waals surface area contributed by atoms with E-state index in [0.29, 0.717) is 0 Å². The summed E-state index contributed by atoms with van der Waals surface area (Å²) in [6.45, 7) is 4.18. The van der Waals surface area contributed by atoms with Gasteiger partial charge in [-0.3, -0.25) is 4.98 Å². The first-order valence-electron chi connectivity index (χ1n) is 5.29. The molecule has 1 atom stereocenters. The van der Waals surface area contributed by atoms with Gasteiger partial charge in [-0.2, -0.15) is 0 Å². The van der Waals surface area contributed by atoms with E-state index in [9.17, 15) is 0 Å². The molecule has 76 valence electrons. The molecule has 2 heterocycles. The van der Waals surface area contributed by atoms with Gasteiger partial charge in [0.1, 0.15) is 11.9 Å². The van der Waals surface area contributed by atoms with Gasteiger partial charge in [-0.25, -0.2) is 0 Å². The Labute approximate surface area is 88.9 Å². The van der Waals surface area contributed by atoms with Crippen molar-refractivity contribution in [2.75, 3.05) is 0 Å². The van der Waals surface area contributed by atoms with Crippen LogP contribution in [0.5, 0.6) is 5.75 Å². The Balaban J connectivity index is 2.36. The molecule has 0 N–H and O–H groups in total. The number of hydrogen-bond donors (Lipinski definition) is 0. The minimum atomic E-state index is 0.285. The van der Waals surface area contributed by atoms with E-state index in [1.807, 2.05) is 6.20 Å². The predicted molar refractivity (Wildman–Crippen MR) is 60.3 cm³/mol. The second-order valence-electron chi connectivity index (χ2n) is 4.22. The van der Waals surface area contributed by atoms with E-state index in [-0.39, 0.29) is 6.10 Å². The second-order valence-corrected chi connectivity index (χ2v) is 4.22. The molecule has 0 radical (unpaired) electrons. The second kappa shape index (κ2) is 2.96. The first-order valence-corrected chi connectivity index (χ1v) is 5.29. The molecule has 0 fully saturated rings. The van der Waals surface area contributed by atoms with Crippen LogP contribution >= 0.6 is 0 Å². The molecule has 2 nitrogen and oxygen atoms in total. The van der Waals surface area contributed by atoms with E-state index < -0.39 is 0 Å². The van der Waals surface area contributed by atoms with Crippen molar-refractivity contribution < 1.29 is 4.74 Å². The molecule has 1 aliphatic rings. The van der Waals surface area contributed by atoms with E-state index in [2.05, 4.69) is 37.0 Å². The molecule has 0 saturated heterocycles. The molecule has 0 aliphatic carbocycles. The monoisotopic (exact) mass is 199 g/mol. The fourth-order valence-electron chi connectivity index (χ4n) is 2.22. The Kier molecular flexibility index (Phi) is 1.72. The van der Waals surface area contributed by atoms with Crippen LogP contribution < -0.4 is 4.74 Å². The molecule has 0 bridgehead atoms. The van der Waals surface area contributed by atoms with E-state index in [0.717, 1.165) is 23.1 Å². The molecule has 1 aromatic carbocycles. The molecule has 15 heavy (non-hydrogen) atoms. The van der Waals surface area contributed by atoms with E-state index in [1.165, 1.54) is 11.1 Å². The lowest BCUT2D eigenvalue weighted by atomic mass is 10.1. The van der Waals surface area contributed by atoms with Crippen molar-refractivity contribution in [3.05, 3.63) is 35.5 Å². The first kappa shape index (κ1) is 8.72. The highest BCUT2D eigenvalue weighted by Crippen LogP contribution is 2.35. The SMILES string of the molecule is Cc1cccc2c3c(cnc12)CC(C)O3. The summed E-state index contributed by atoms with van der Waals surface area (Å²) in [5, 5.41) is 1.15. The third-order valence-electron chi connectivity index (χ3n) is 2.95. The third kappa shape index (κ3) is 1.21. The fourth-order valence-corrected chi connectivity index (χ4v) is 2.22. The Morgan fingerprint density at radius 3 is 3.13 bits per heavy atom. The molecule has 0 saturated carbocycles. The normalized spacial score (nSPS) is 18.9. The van der Waals surface area contributed by atoms with Crippen LogP contribution in [0, 0.1) is 6.92 Å². The lowest BCUT2D eigenvalue weighted by Gasteiger charge is -2.07. The number of aryl methyl sites for hydroxylation is 1. The van der Waals surface area contributed by atoms with Crippen LogP contribution in [-0.2, 0) is 6.42 Å². The van der Waals surface area contributed by atoms with Crippen molar-refractivity contribution in [2.24, 2.45) is 0 Å². The van der Waals surface area contributed by atoms with Crippen LogP contribution in [-0.4, -0.2) is 11.1 Å². The molecule has 2 heteroatoms. The fraction of sp³-hybridized carbons (Fsp3) is 0.308. The number of aromatic nitrogens is 1. The maximum absolute atomic E-state index is 5.84. The zero-order valence-corrected chi connectivity index (χ0v) is 8.95. The summed E-state index contributed by atoms with van der Waals surface area (Å²) in [5.41, 5.74) is 3.50. The highest BCUT2D eigenvalue weighted by atomic mass is 16.5. The summed E-state index contributed by atoms with van der Waals surface area (Å²) in [6, 6.07) is 6.23. The molecular weight excluding hydrogens is 186 g/mol. The number of rotatable bonds is 0. The van der Waals surface area contributed by atoms with E-state index in [4.69, 9.17) is 4.74 Å². The van der Waals surface area contributed by atoms with E-state index >= 15 is 0 Å². The van der Waals surface area contributed by atoms with Gasteiger partial charge in [0, 0.05) is 23.6 Å². The first-order chi connectivity index (χ1) is 7.25. The van der Waals surface area contributed by atoms with Gasteiger partial charge in [-0.15, -0.1) is 0 Å². The van der Waals surface area contributed by atoms with Gasteiger partial charge in [-0.05, 0) is 25.5 Å². The Morgan fingerprint density at radius 1 is 1.40 bits per heavy atom. The topological polar surface area (TPSA) is 22.1 Å². The summed E-state index contributed by atoms with van der Waals surface area (Å²) in [7, 11) is 0. The minimum Gasteiger partial charge on any atom is -0.489 e. The maximum Gasteiger partial charge on any atom is 0.133 e. The van der Waals surface area contributed by atoms with Gasteiger partial charge < -0.3 is 4.74 Å². The molecule has 0 amide bonds. The Morgan fingerprint density at radius 2 is 2.27 bits per heavy atom. The highest BCUT2D eigenvalue weighted by molar-refractivity contribution is 5.88. The smallest absolute Gasteiger partial charge is 0.133 e. The average molecular weight is 199 g/mol. The Hall–Kier alpha value is -1.57. The number of hydrogen-bond acceptors (Lipinski definition) is 2. The molecular formula is C13H13NO. The molecule has 3 rings (SSSR count). The molecule has 1 aliphatic heterocycles. The number of para-hydroxylation sites is 1. The van der Waals surface area contributed by atoms with Gasteiger partial charge in [0.25, 0.3) is 0 Å². The predicted octanol–water partition coefficient (Wildman–Crippen LogP) is 2.87. The number of pyridine rings is 1. The van der Waals surface area contributed by atoms with Crippen molar-refractivity contribution >= 4 is 10.9 Å². The number of ether oxygens (including phenoxy) is 1. The largest absolute Gasteiger partial charge is 0.489 e. The third-order valence-corrected chi connectivity index (χ3v) is 2.95. The minimum absolute atomic E-state index is 0.285. The number of benzene rings is 1. The maximum atomic E-state index is 5.84. The van der Waals surface area contributed by atoms with Crippen LogP contribution in [0.4, 0.5) is 0 Å².